The van der Waals surface area contributed by atoms with E-state index in [4.69, 9.17) is 11.6 Å². The van der Waals surface area contributed by atoms with E-state index in [2.05, 4.69) is 15.5 Å². The van der Waals surface area contributed by atoms with Crippen molar-refractivity contribution in [1.29, 1.82) is 0 Å². The first-order chi connectivity index (χ1) is 12.5. The fourth-order valence-electron chi connectivity index (χ4n) is 2.59. The number of benzene rings is 2. The lowest BCUT2D eigenvalue weighted by molar-refractivity contribution is -0.119. The molecule has 1 atom stereocenters. The topological polar surface area (TPSA) is 59.8 Å². The van der Waals surface area contributed by atoms with Gasteiger partial charge in [0.25, 0.3) is 0 Å². The molecule has 26 heavy (non-hydrogen) atoms. The largest absolute Gasteiger partial charge is 0.349 e. The minimum atomic E-state index is -0.115. The maximum absolute atomic E-state index is 12.3. The zero-order chi connectivity index (χ0) is 18.5. The summed E-state index contributed by atoms with van der Waals surface area (Å²) >= 11 is 7.36. The van der Waals surface area contributed by atoms with Gasteiger partial charge in [-0.05, 0) is 43.2 Å². The second-order valence-electron chi connectivity index (χ2n) is 5.90. The second-order valence-corrected chi connectivity index (χ2v) is 7.28. The highest BCUT2D eigenvalue weighted by molar-refractivity contribution is 7.99. The Morgan fingerprint density at radius 1 is 1.27 bits per heavy atom. The Hall–Kier alpha value is -2.31. The van der Waals surface area contributed by atoms with Gasteiger partial charge in [-0.3, -0.25) is 9.36 Å². The number of aryl methyl sites for hydroxylation is 1. The van der Waals surface area contributed by atoms with Crippen molar-refractivity contribution in [1.82, 2.24) is 20.1 Å². The first kappa shape index (κ1) is 18.5. The zero-order valence-electron chi connectivity index (χ0n) is 14.5. The number of hydrogen-bond acceptors (Lipinski definition) is 4. The fraction of sp³-hybridized carbons (Fsp3) is 0.211. The van der Waals surface area contributed by atoms with Gasteiger partial charge in [0.1, 0.15) is 6.33 Å². The molecule has 0 aliphatic heterocycles. The Bertz CT molecular complexity index is 912. The Morgan fingerprint density at radius 3 is 2.85 bits per heavy atom. The van der Waals surface area contributed by atoms with Crippen LogP contribution in [0, 0.1) is 6.92 Å². The van der Waals surface area contributed by atoms with Crippen LogP contribution in [0.5, 0.6) is 0 Å². The van der Waals surface area contributed by atoms with Crippen molar-refractivity contribution >= 4 is 29.3 Å². The standard InChI is InChI=1S/C19H19ClN4OS/c1-13-6-3-4-9-17(13)24-12-21-23-19(24)26-11-18(25)22-14(2)15-7-5-8-16(20)10-15/h3-10,12,14H,11H2,1-2H3,(H,22,25)/t14-/m1/s1. The molecule has 5 nitrogen and oxygen atoms in total. The number of nitrogens with one attached hydrogen (secondary N) is 1. The number of thioether (sulfide) groups is 1. The molecule has 7 heteroatoms. The van der Waals surface area contributed by atoms with Crippen LogP contribution in [-0.4, -0.2) is 26.4 Å². The predicted molar refractivity (Wildman–Crippen MR) is 105 cm³/mol. The maximum Gasteiger partial charge on any atom is 0.230 e. The molecule has 0 spiro atoms. The highest BCUT2D eigenvalue weighted by atomic mass is 35.5. The van der Waals surface area contributed by atoms with Crippen LogP contribution in [0.15, 0.2) is 60.0 Å². The molecule has 0 saturated heterocycles. The predicted octanol–water partition coefficient (Wildman–Crippen LogP) is 4.20. The molecule has 1 N–H and O–H groups in total. The SMILES string of the molecule is Cc1ccccc1-n1cnnc1SCC(=O)N[C@H](C)c1cccc(Cl)c1. The summed E-state index contributed by atoms with van der Waals surface area (Å²) in [6, 6.07) is 15.4. The van der Waals surface area contributed by atoms with Crippen LogP contribution in [0.1, 0.15) is 24.1 Å². The average molecular weight is 387 g/mol. The second kappa shape index (κ2) is 8.38. The number of aromatic nitrogens is 3. The summed E-state index contributed by atoms with van der Waals surface area (Å²) in [6.07, 6.45) is 1.66. The highest BCUT2D eigenvalue weighted by Crippen LogP contribution is 2.22. The van der Waals surface area contributed by atoms with E-state index in [1.54, 1.807) is 6.33 Å². The average Bonchev–Trinajstić information content (AvgIpc) is 3.08. The number of amides is 1. The lowest BCUT2D eigenvalue weighted by Gasteiger charge is -2.14. The molecule has 3 aromatic rings. The van der Waals surface area contributed by atoms with Crippen molar-refractivity contribution in [3.8, 4) is 5.69 Å². The molecule has 0 radical (unpaired) electrons. The molecule has 1 aromatic heterocycles. The van der Waals surface area contributed by atoms with Gasteiger partial charge in [-0.25, -0.2) is 0 Å². The van der Waals surface area contributed by atoms with Gasteiger partial charge in [-0.2, -0.15) is 0 Å². The summed E-state index contributed by atoms with van der Waals surface area (Å²) in [7, 11) is 0. The van der Waals surface area contributed by atoms with E-state index in [1.165, 1.54) is 11.8 Å². The molecule has 0 aliphatic carbocycles. The van der Waals surface area contributed by atoms with E-state index in [0.717, 1.165) is 16.8 Å². The normalized spacial score (nSPS) is 12.0. The van der Waals surface area contributed by atoms with E-state index < -0.39 is 0 Å². The maximum atomic E-state index is 12.3. The monoisotopic (exact) mass is 386 g/mol. The molecule has 134 valence electrons. The van der Waals surface area contributed by atoms with Crippen LogP contribution < -0.4 is 5.32 Å². The van der Waals surface area contributed by atoms with Crippen LogP contribution >= 0.6 is 23.4 Å². The fourth-order valence-corrected chi connectivity index (χ4v) is 3.53. The molecular weight excluding hydrogens is 368 g/mol. The first-order valence-electron chi connectivity index (χ1n) is 8.18. The molecule has 3 rings (SSSR count). The molecule has 2 aromatic carbocycles. The Labute approximate surface area is 161 Å². The third-order valence-electron chi connectivity index (χ3n) is 3.95. The first-order valence-corrected chi connectivity index (χ1v) is 9.54. The summed E-state index contributed by atoms with van der Waals surface area (Å²) in [5, 5.41) is 12.4. The highest BCUT2D eigenvalue weighted by Gasteiger charge is 2.14. The summed E-state index contributed by atoms with van der Waals surface area (Å²) < 4.78 is 1.90. The number of hydrogen-bond donors (Lipinski definition) is 1. The van der Waals surface area contributed by atoms with Crippen LogP contribution in [0.3, 0.4) is 0 Å². The van der Waals surface area contributed by atoms with Crippen LogP contribution in [-0.2, 0) is 4.79 Å². The van der Waals surface area contributed by atoms with Crippen LogP contribution in [0.25, 0.3) is 5.69 Å². The lowest BCUT2D eigenvalue weighted by Crippen LogP contribution is -2.28. The number of rotatable bonds is 6. The molecule has 0 fully saturated rings. The quantitative estimate of drug-likeness (QED) is 0.645. The third kappa shape index (κ3) is 4.45. The molecular formula is C19H19ClN4OS. The molecule has 1 amide bonds. The smallest absolute Gasteiger partial charge is 0.230 e. The van der Waals surface area contributed by atoms with E-state index >= 15 is 0 Å². The van der Waals surface area contributed by atoms with E-state index in [0.29, 0.717) is 10.2 Å². The molecule has 0 aliphatic rings. The van der Waals surface area contributed by atoms with E-state index in [9.17, 15) is 4.79 Å². The van der Waals surface area contributed by atoms with Crippen molar-refractivity contribution in [3.05, 3.63) is 71.0 Å². The van der Waals surface area contributed by atoms with Gasteiger partial charge in [-0.15, -0.1) is 10.2 Å². The van der Waals surface area contributed by atoms with Crippen molar-refractivity contribution in [2.45, 2.75) is 25.0 Å². The zero-order valence-corrected chi connectivity index (χ0v) is 16.1. The Morgan fingerprint density at radius 2 is 2.08 bits per heavy atom. The number of carbonyl (C=O) groups is 1. The molecule has 0 saturated carbocycles. The van der Waals surface area contributed by atoms with Crippen molar-refractivity contribution < 1.29 is 4.79 Å². The van der Waals surface area contributed by atoms with E-state index in [-0.39, 0.29) is 17.7 Å². The third-order valence-corrected chi connectivity index (χ3v) is 5.13. The molecule has 0 bridgehead atoms. The van der Waals surface area contributed by atoms with Gasteiger partial charge < -0.3 is 5.32 Å². The van der Waals surface area contributed by atoms with Crippen molar-refractivity contribution in [3.63, 3.8) is 0 Å². The lowest BCUT2D eigenvalue weighted by atomic mass is 10.1. The number of para-hydroxylation sites is 1. The van der Waals surface area contributed by atoms with E-state index in [1.807, 2.05) is 66.9 Å². The van der Waals surface area contributed by atoms with Crippen molar-refractivity contribution in [2.24, 2.45) is 0 Å². The van der Waals surface area contributed by atoms with Gasteiger partial charge >= 0.3 is 0 Å². The molecule has 1 heterocycles. The van der Waals surface area contributed by atoms with Gasteiger partial charge in [0, 0.05) is 5.02 Å². The number of carbonyl (C=O) groups excluding carboxylic acids is 1. The van der Waals surface area contributed by atoms with Gasteiger partial charge in [-0.1, -0.05) is 53.7 Å². The minimum absolute atomic E-state index is 0.0678. The summed E-state index contributed by atoms with van der Waals surface area (Å²) in [4.78, 5) is 12.3. The summed E-state index contributed by atoms with van der Waals surface area (Å²) in [5.41, 5.74) is 3.10. The number of halogens is 1. The Balaban J connectivity index is 1.62. The van der Waals surface area contributed by atoms with Gasteiger partial charge in [0.05, 0.1) is 17.5 Å². The number of nitrogens with zero attached hydrogens (tertiary/aromatic N) is 3. The summed E-state index contributed by atoms with van der Waals surface area (Å²) in [6.45, 7) is 3.97. The van der Waals surface area contributed by atoms with Crippen LogP contribution in [0.2, 0.25) is 5.02 Å². The minimum Gasteiger partial charge on any atom is -0.349 e. The van der Waals surface area contributed by atoms with Gasteiger partial charge in [0.2, 0.25) is 5.91 Å². The van der Waals surface area contributed by atoms with Crippen molar-refractivity contribution in [2.75, 3.05) is 5.75 Å². The summed E-state index contributed by atoms with van der Waals surface area (Å²) in [5.74, 6) is 0.192. The molecule has 0 unspecified atom stereocenters. The van der Waals surface area contributed by atoms with Gasteiger partial charge in [0.15, 0.2) is 5.16 Å². The Kier molecular flexibility index (Phi) is 5.96. The van der Waals surface area contributed by atoms with Crippen LogP contribution in [0.4, 0.5) is 0 Å².